The Morgan fingerprint density at radius 2 is 1.79 bits per heavy atom. The monoisotopic (exact) mass is 406 g/mol. The molecule has 1 fully saturated rings. The van der Waals surface area contributed by atoms with Crippen molar-refractivity contribution < 1.29 is 0 Å². The van der Waals surface area contributed by atoms with Crippen LogP contribution < -0.4 is 16.8 Å². The van der Waals surface area contributed by atoms with Crippen LogP contribution >= 0.6 is 11.6 Å². The van der Waals surface area contributed by atoms with Gasteiger partial charge in [-0.2, -0.15) is 0 Å². The predicted octanol–water partition coefficient (Wildman–Crippen LogP) is 4.85. The van der Waals surface area contributed by atoms with Gasteiger partial charge < -0.3 is 16.8 Å². The van der Waals surface area contributed by atoms with Gasteiger partial charge in [0.2, 0.25) is 0 Å². The Labute approximate surface area is 173 Å². The van der Waals surface area contributed by atoms with Crippen LogP contribution in [0.15, 0.2) is 48.8 Å². The maximum absolute atomic E-state index is 6.45. The number of hydrogen-bond acceptors (Lipinski definition) is 5. The van der Waals surface area contributed by atoms with Crippen molar-refractivity contribution in [3.8, 4) is 0 Å². The molecule has 0 aliphatic heterocycles. The molecule has 1 saturated carbocycles. The number of nitrogens with one attached hydrogen (secondary N) is 1. The molecule has 0 spiro atoms. The number of anilines is 3. The Bertz CT molecular complexity index is 1190. The molecule has 2 heterocycles. The lowest BCUT2D eigenvalue weighted by Gasteiger charge is -2.29. The summed E-state index contributed by atoms with van der Waals surface area (Å²) in [7, 11) is 0. The highest BCUT2D eigenvalue weighted by Crippen LogP contribution is 2.42. The summed E-state index contributed by atoms with van der Waals surface area (Å²) in [6.07, 6.45) is 7.55. The topological polar surface area (TPSA) is 94.3 Å². The van der Waals surface area contributed by atoms with E-state index in [2.05, 4.69) is 21.5 Å². The van der Waals surface area contributed by atoms with Crippen LogP contribution in [-0.4, -0.2) is 20.6 Å². The van der Waals surface area contributed by atoms with E-state index in [-0.39, 0.29) is 6.04 Å². The maximum atomic E-state index is 6.45. The molecule has 4 aromatic rings. The van der Waals surface area contributed by atoms with Gasteiger partial charge in [0.15, 0.2) is 5.65 Å². The van der Waals surface area contributed by atoms with E-state index >= 15 is 0 Å². The minimum absolute atomic E-state index is 0.271. The Kier molecular flexibility index (Phi) is 4.53. The largest absolute Gasteiger partial charge is 0.382 e. The minimum atomic E-state index is 0.271. The summed E-state index contributed by atoms with van der Waals surface area (Å²) in [5, 5.41) is 11.0. The molecule has 0 radical (unpaired) electrons. The fourth-order valence-electron chi connectivity index (χ4n) is 4.43. The van der Waals surface area contributed by atoms with Crippen LogP contribution in [0.2, 0.25) is 5.02 Å². The van der Waals surface area contributed by atoms with E-state index < -0.39 is 0 Å². The van der Waals surface area contributed by atoms with Crippen LogP contribution in [0.1, 0.15) is 37.2 Å². The molecule has 0 unspecified atom stereocenters. The first-order chi connectivity index (χ1) is 14.1. The molecule has 0 saturated heterocycles. The molecule has 0 atom stereocenters. The summed E-state index contributed by atoms with van der Waals surface area (Å²) in [6, 6.07) is 12.3. The Morgan fingerprint density at radius 1 is 1.03 bits per heavy atom. The van der Waals surface area contributed by atoms with E-state index in [0.717, 1.165) is 64.1 Å². The van der Waals surface area contributed by atoms with Crippen molar-refractivity contribution in [1.82, 2.24) is 14.6 Å². The molecule has 0 bridgehead atoms. The third kappa shape index (κ3) is 3.18. The average molecular weight is 407 g/mol. The molecule has 5 N–H and O–H groups in total. The number of nitrogens with two attached hydrogens (primary N) is 2. The van der Waals surface area contributed by atoms with Crippen LogP contribution in [-0.2, 0) is 0 Å². The number of halogens is 1. The predicted molar refractivity (Wildman–Crippen MR) is 119 cm³/mol. The third-order valence-electron chi connectivity index (χ3n) is 5.92. The Hall–Kier alpha value is -2.83. The van der Waals surface area contributed by atoms with Crippen molar-refractivity contribution in [3.05, 3.63) is 59.4 Å². The van der Waals surface area contributed by atoms with E-state index in [1.807, 2.05) is 36.5 Å². The number of fused-ring (bicyclic) bond motifs is 2. The molecule has 29 heavy (non-hydrogen) atoms. The van der Waals surface area contributed by atoms with Crippen LogP contribution in [0.25, 0.3) is 16.4 Å². The van der Waals surface area contributed by atoms with Crippen LogP contribution in [0.3, 0.4) is 0 Å². The summed E-state index contributed by atoms with van der Waals surface area (Å²) in [5.41, 5.74) is 16.3. The number of nitrogen functional groups attached to an aromatic ring is 1. The molecule has 2 aromatic carbocycles. The summed E-state index contributed by atoms with van der Waals surface area (Å²) >= 11 is 6.42. The van der Waals surface area contributed by atoms with Crippen molar-refractivity contribution in [2.75, 3.05) is 11.1 Å². The average Bonchev–Trinajstić information content (AvgIpc) is 3.19. The molecule has 0 amide bonds. The summed E-state index contributed by atoms with van der Waals surface area (Å²) in [6.45, 7) is 0. The van der Waals surface area contributed by atoms with Gasteiger partial charge in [-0.25, -0.2) is 9.50 Å². The van der Waals surface area contributed by atoms with Gasteiger partial charge in [0.05, 0.1) is 5.69 Å². The number of nitrogens with zero attached hydrogens (tertiary/aromatic N) is 3. The van der Waals surface area contributed by atoms with Crippen molar-refractivity contribution in [2.24, 2.45) is 5.73 Å². The molecule has 6 nitrogen and oxygen atoms in total. The number of benzene rings is 2. The summed E-state index contributed by atoms with van der Waals surface area (Å²) < 4.78 is 1.73. The van der Waals surface area contributed by atoms with E-state index in [9.17, 15) is 0 Å². The second-order valence-corrected chi connectivity index (χ2v) is 8.15. The maximum Gasteiger partial charge on any atom is 0.177 e. The van der Waals surface area contributed by atoms with Crippen molar-refractivity contribution in [1.29, 1.82) is 0 Å². The molecule has 7 heteroatoms. The van der Waals surface area contributed by atoms with E-state index in [4.69, 9.17) is 23.1 Å². The highest BCUT2D eigenvalue weighted by atomic mass is 35.5. The number of rotatable bonds is 3. The smallest absolute Gasteiger partial charge is 0.177 e. The number of aromatic nitrogens is 3. The van der Waals surface area contributed by atoms with Crippen molar-refractivity contribution in [3.63, 3.8) is 0 Å². The standard InChI is InChI=1S/C22H23ClN6/c23-17-9-10-18(16-4-2-1-3-15(16)17)27-20-19(13-5-7-14(24)8-6-13)21(25)28-29-12-11-26-22(20)29/h1-4,9-14,27H,5-8,24H2,(H2,25,28)/t13-,14-. The highest BCUT2D eigenvalue weighted by molar-refractivity contribution is 6.36. The van der Waals surface area contributed by atoms with E-state index in [1.165, 1.54) is 0 Å². The first-order valence-corrected chi connectivity index (χ1v) is 10.3. The zero-order valence-corrected chi connectivity index (χ0v) is 16.7. The lowest BCUT2D eigenvalue weighted by Crippen LogP contribution is -2.26. The Balaban J connectivity index is 1.67. The van der Waals surface area contributed by atoms with Gasteiger partial charge in [-0.1, -0.05) is 35.9 Å². The van der Waals surface area contributed by atoms with E-state index in [1.54, 1.807) is 10.7 Å². The van der Waals surface area contributed by atoms with Gasteiger partial charge in [0, 0.05) is 45.5 Å². The Morgan fingerprint density at radius 3 is 2.59 bits per heavy atom. The molecule has 1 aliphatic carbocycles. The molecular weight excluding hydrogens is 384 g/mol. The van der Waals surface area contributed by atoms with Gasteiger partial charge in [0.1, 0.15) is 5.82 Å². The quantitative estimate of drug-likeness (QED) is 0.452. The number of hydrogen-bond donors (Lipinski definition) is 3. The van der Waals surface area contributed by atoms with Crippen LogP contribution in [0.5, 0.6) is 0 Å². The zero-order chi connectivity index (χ0) is 20.0. The lowest BCUT2D eigenvalue weighted by atomic mass is 9.81. The van der Waals surface area contributed by atoms with Crippen molar-refractivity contribution >= 4 is 45.2 Å². The normalized spacial score (nSPS) is 19.7. The molecule has 5 rings (SSSR count). The number of imidazole rings is 1. The molecule has 1 aliphatic rings. The minimum Gasteiger partial charge on any atom is -0.382 e. The SMILES string of the molecule is Nc1nn2ccnc2c(Nc2ccc(Cl)c3ccccc23)c1[C@H]1CC[C@H](N)CC1. The van der Waals surface area contributed by atoms with Crippen LogP contribution in [0.4, 0.5) is 17.2 Å². The van der Waals surface area contributed by atoms with Gasteiger partial charge >= 0.3 is 0 Å². The second-order valence-electron chi connectivity index (χ2n) is 7.75. The van der Waals surface area contributed by atoms with Crippen molar-refractivity contribution in [2.45, 2.75) is 37.6 Å². The first-order valence-electron chi connectivity index (χ1n) is 9.94. The molecule has 2 aromatic heterocycles. The fourth-order valence-corrected chi connectivity index (χ4v) is 4.65. The molecular formula is C22H23ClN6. The second kappa shape index (κ2) is 7.21. The lowest BCUT2D eigenvalue weighted by molar-refractivity contribution is 0.396. The summed E-state index contributed by atoms with van der Waals surface area (Å²) in [5.74, 6) is 0.849. The van der Waals surface area contributed by atoms with Gasteiger partial charge in [-0.05, 0) is 43.7 Å². The van der Waals surface area contributed by atoms with Gasteiger partial charge in [-0.3, -0.25) is 0 Å². The third-order valence-corrected chi connectivity index (χ3v) is 6.25. The van der Waals surface area contributed by atoms with Gasteiger partial charge in [0.25, 0.3) is 0 Å². The van der Waals surface area contributed by atoms with Crippen LogP contribution in [0, 0.1) is 0 Å². The summed E-state index contributed by atoms with van der Waals surface area (Å²) in [4.78, 5) is 4.56. The first kappa shape index (κ1) is 18.2. The van der Waals surface area contributed by atoms with E-state index in [0.29, 0.717) is 11.7 Å². The van der Waals surface area contributed by atoms with Gasteiger partial charge in [-0.15, -0.1) is 5.10 Å². The molecule has 148 valence electrons. The fraction of sp³-hybridized carbons (Fsp3) is 0.273. The highest BCUT2D eigenvalue weighted by Gasteiger charge is 2.27. The zero-order valence-electron chi connectivity index (χ0n) is 16.0.